The summed E-state index contributed by atoms with van der Waals surface area (Å²) in [7, 11) is 0. The first-order chi connectivity index (χ1) is 12.3. The first-order valence-electron chi connectivity index (χ1n) is 7.83. The van der Waals surface area contributed by atoms with E-state index in [0.717, 1.165) is 39.0 Å². The number of thiazole rings is 1. The molecule has 120 valence electrons. The van der Waals surface area contributed by atoms with Gasteiger partial charge in [-0.3, -0.25) is 9.20 Å². The third-order valence-corrected chi connectivity index (χ3v) is 5.13. The summed E-state index contributed by atoms with van der Waals surface area (Å²) in [6.07, 6.45) is 2.49. The summed E-state index contributed by atoms with van der Waals surface area (Å²) in [4.78, 5) is 17.3. The average Bonchev–Trinajstić information content (AvgIpc) is 3.37. The average molecular weight is 344 g/mol. The maximum atomic E-state index is 11.9. The first-order valence-corrected chi connectivity index (χ1v) is 8.71. The first kappa shape index (κ1) is 14.2. The van der Waals surface area contributed by atoms with Gasteiger partial charge in [-0.15, -0.1) is 11.3 Å². The predicted octanol–water partition coefficient (Wildman–Crippen LogP) is 5.29. The third-order valence-electron chi connectivity index (χ3n) is 4.31. The normalized spacial score (nSPS) is 11.4. The van der Waals surface area contributed by atoms with E-state index in [9.17, 15) is 4.79 Å². The number of fused-ring (bicyclic) bond motifs is 2. The zero-order valence-corrected chi connectivity index (χ0v) is 13.9. The quantitative estimate of drug-likeness (QED) is 0.418. The maximum Gasteiger partial charge on any atom is 0.195 e. The van der Waals surface area contributed by atoms with Crippen molar-refractivity contribution < 1.29 is 9.21 Å². The number of imidazole rings is 1. The lowest BCUT2D eigenvalue weighted by Crippen LogP contribution is -1.93. The van der Waals surface area contributed by atoms with Crippen molar-refractivity contribution in [3.05, 3.63) is 71.9 Å². The largest absolute Gasteiger partial charge is 0.463 e. The van der Waals surface area contributed by atoms with Crippen molar-refractivity contribution in [3.8, 4) is 22.7 Å². The number of furan rings is 1. The molecule has 2 aromatic carbocycles. The van der Waals surface area contributed by atoms with Gasteiger partial charge in [-0.1, -0.05) is 36.4 Å². The summed E-state index contributed by atoms with van der Waals surface area (Å²) in [6.45, 7) is 0. The van der Waals surface area contributed by atoms with Crippen molar-refractivity contribution in [1.29, 1.82) is 0 Å². The van der Waals surface area contributed by atoms with E-state index in [0.29, 0.717) is 11.4 Å². The van der Waals surface area contributed by atoms with Gasteiger partial charge in [0.05, 0.1) is 6.26 Å². The third kappa shape index (κ3) is 2.13. The van der Waals surface area contributed by atoms with Crippen molar-refractivity contribution >= 4 is 33.4 Å². The molecule has 0 radical (unpaired) electrons. The Hall–Kier alpha value is -3.18. The Balaban J connectivity index is 1.77. The molecule has 0 amide bonds. The van der Waals surface area contributed by atoms with Gasteiger partial charge in [0.2, 0.25) is 0 Å². The Morgan fingerprint density at radius 2 is 1.92 bits per heavy atom. The highest BCUT2D eigenvalue weighted by Crippen LogP contribution is 2.33. The Kier molecular flexibility index (Phi) is 3.08. The molecule has 0 fully saturated rings. The molecule has 0 aliphatic heterocycles. The summed E-state index contributed by atoms with van der Waals surface area (Å²) in [6, 6.07) is 18.0. The standard InChI is InChI=1S/C20H12N2O2S/c23-11-16-19(15-8-7-13-4-1-2-5-14(13)10-15)21-20-22(16)17(12-25-20)18-6-3-9-24-18/h1-12H. The van der Waals surface area contributed by atoms with Crippen molar-refractivity contribution in [2.75, 3.05) is 0 Å². The molecule has 3 heterocycles. The second kappa shape index (κ2) is 5.43. The van der Waals surface area contributed by atoms with Crippen LogP contribution >= 0.6 is 11.3 Å². The number of hydrogen-bond donors (Lipinski definition) is 0. The fourth-order valence-electron chi connectivity index (χ4n) is 3.14. The second-order valence-corrected chi connectivity index (χ2v) is 6.58. The molecular formula is C20H12N2O2S. The highest BCUT2D eigenvalue weighted by Gasteiger charge is 2.19. The lowest BCUT2D eigenvalue weighted by atomic mass is 10.0. The van der Waals surface area contributed by atoms with Gasteiger partial charge in [-0.25, -0.2) is 4.98 Å². The monoisotopic (exact) mass is 344 g/mol. The minimum atomic E-state index is 0.540. The molecule has 5 aromatic rings. The van der Waals surface area contributed by atoms with Crippen LogP contribution in [0.4, 0.5) is 0 Å². The van der Waals surface area contributed by atoms with Crippen LogP contribution in [0.2, 0.25) is 0 Å². The number of carbonyl (C=O) groups is 1. The van der Waals surface area contributed by atoms with Crippen LogP contribution in [-0.4, -0.2) is 15.7 Å². The van der Waals surface area contributed by atoms with Crippen molar-refractivity contribution in [3.63, 3.8) is 0 Å². The van der Waals surface area contributed by atoms with Gasteiger partial charge in [0.25, 0.3) is 0 Å². The topological polar surface area (TPSA) is 47.5 Å². The van der Waals surface area contributed by atoms with Crippen LogP contribution in [0, 0.1) is 0 Å². The number of aromatic nitrogens is 2. The molecule has 5 rings (SSSR count). The predicted molar refractivity (Wildman–Crippen MR) is 99.1 cm³/mol. The van der Waals surface area contributed by atoms with E-state index in [-0.39, 0.29) is 0 Å². The number of carbonyl (C=O) groups excluding carboxylic acids is 1. The SMILES string of the molecule is O=Cc1c(-c2ccc3ccccc3c2)nc2scc(-c3ccco3)n12. The second-order valence-electron chi connectivity index (χ2n) is 5.74. The van der Waals surface area contributed by atoms with E-state index in [4.69, 9.17) is 9.40 Å². The number of nitrogens with zero attached hydrogens (tertiary/aromatic N) is 2. The molecule has 0 aliphatic carbocycles. The fraction of sp³-hybridized carbons (Fsp3) is 0. The summed E-state index contributed by atoms with van der Waals surface area (Å²) in [5, 5.41) is 4.24. The maximum absolute atomic E-state index is 11.9. The lowest BCUT2D eigenvalue weighted by Gasteiger charge is -2.03. The van der Waals surface area contributed by atoms with Gasteiger partial charge in [0.15, 0.2) is 17.0 Å². The molecule has 0 spiro atoms. The molecule has 0 N–H and O–H groups in total. The highest BCUT2D eigenvalue weighted by atomic mass is 32.1. The smallest absolute Gasteiger partial charge is 0.195 e. The Bertz CT molecular complexity index is 1220. The van der Waals surface area contributed by atoms with E-state index in [1.807, 2.05) is 40.1 Å². The van der Waals surface area contributed by atoms with Gasteiger partial charge in [0, 0.05) is 10.9 Å². The van der Waals surface area contributed by atoms with Crippen LogP contribution in [0.1, 0.15) is 10.5 Å². The van der Waals surface area contributed by atoms with E-state index in [1.165, 1.54) is 11.3 Å². The molecule has 0 atom stereocenters. The Morgan fingerprint density at radius 1 is 1.04 bits per heavy atom. The van der Waals surface area contributed by atoms with E-state index < -0.39 is 0 Å². The van der Waals surface area contributed by atoms with Crippen molar-refractivity contribution in [1.82, 2.24) is 9.38 Å². The zero-order valence-electron chi connectivity index (χ0n) is 13.0. The number of hydrogen-bond acceptors (Lipinski definition) is 4. The van der Waals surface area contributed by atoms with Crippen LogP contribution in [0.5, 0.6) is 0 Å². The fourth-order valence-corrected chi connectivity index (χ4v) is 4.02. The van der Waals surface area contributed by atoms with Crippen LogP contribution in [0.3, 0.4) is 0 Å². The molecule has 4 nitrogen and oxygen atoms in total. The van der Waals surface area contributed by atoms with Crippen molar-refractivity contribution in [2.45, 2.75) is 0 Å². The summed E-state index contributed by atoms with van der Waals surface area (Å²) in [5.74, 6) is 0.719. The summed E-state index contributed by atoms with van der Waals surface area (Å²) >= 11 is 1.49. The number of rotatable bonds is 3. The number of benzene rings is 2. The molecule has 0 saturated heterocycles. The minimum absolute atomic E-state index is 0.540. The minimum Gasteiger partial charge on any atom is -0.463 e. The van der Waals surface area contributed by atoms with Gasteiger partial charge in [0.1, 0.15) is 17.1 Å². The molecule has 0 bridgehead atoms. The molecule has 25 heavy (non-hydrogen) atoms. The van der Waals surface area contributed by atoms with Gasteiger partial charge in [-0.05, 0) is 29.0 Å². The summed E-state index contributed by atoms with van der Waals surface area (Å²) in [5.41, 5.74) is 3.01. The van der Waals surface area contributed by atoms with Crippen LogP contribution in [0.15, 0.2) is 70.7 Å². The van der Waals surface area contributed by atoms with E-state index in [1.54, 1.807) is 6.26 Å². The zero-order chi connectivity index (χ0) is 16.8. The van der Waals surface area contributed by atoms with Gasteiger partial charge in [-0.2, -0.15) is 0 Å². The van der Waals surface area contributed by atoms with Crippen molar-refractivity contribution in [2.24, 2.45) is 0 Å². The molecule has 0 saturated carbocycles. The Morgan fingerprint density at radius 3 is 2.72 bits per heavy atom. The molecular weight excluding hydrogens is 332 g/mol. The molecule has 0 aliphatic rings. The van der Waals surface area contributed by atoms with E-state index in [2.05, 4.69) is 24.3 Å². The Labute approximate surface area is 147 Å². The van der Waals surface area contributed by atoms with E-state index >= 15 is 0 Å². The van der Waals surface area contributed by atoms with Crippen LogP contribution in [0.25, 0.3) is 38.4 Å². The molecule has 0 unspecified atom stereocenters. The van der Waals surface area contributed by atoms with Gasteiger partial charge >= 0.3 is 0 Å². The highest BCUT2D eigenvalue weighted by molar-refractivity contribution is 7.15. The van der Waals surface area contributed by atoms with Crippen LogP contribution < -0.4 is 0 Å². The van der Waals surface area contributed by atoms with Gasteiger partial charge < -0.3 is 4.42 Å². The lowest BCUT2D eigenvalue weighted by molar-refractivity contribution is 0.111. The summed E-state index contributed by atoms with van der Waals surface area (Å²) < 4.78 is 7.36. The number of aldehydes is 1. The van der Waals surface area contributed by atoms with Crippen LogP contribution in [-0.2, 0) is 0 Å². The molecule has 3 aromatic heterocycles. The molecule has 5 heteroatoms.